The zero-order chi connectivity index (χ0) is 18.0. The van der Waals surface area contributed by atoms with Crippen LogP contribution >= 0.6 is 11.6 Å². The van der Waals surface area contributed by atoms with Crippen LogP contribution in [-0.2, 0) is 11.2 Å². The van der Waals surface area contributed by atoms with Crippen molar-refractivity contribution in [2.24, 2.45) is 0 Å². The van der Waals surface area contributed by atoms with Gasteiger partial charge in [-0.3, -0.25) is 0 Å². The summed E-state index contributed by atoms with van der Waals surface area (Å²) in [5.41, 5.74) is 2.90. The van der Waals surface area contributed by atoms with Gasteiger partial charge in [0.15, 0.2) is 0 Å². The fourth-order valence-electron chi connectivity index (χ4n) is 3.03. The maximum Gasteiger partial charge on any atom is 0.407 e. The van der Waals surface area contributed by atoms with Gasteiger partial charge in [0.2, 0.25) is 0 Å². The van der Waals surface area contributed by atoms with Crippen molar-refractivity contribution in [1.82, 2.24) is 5.32 Å². The molecule has 1 atom stereocenters. The van der Waals surface area contributed by atoms with Crippen LogP contribution in [0.3, 0.4) is 0 Å². The molecule has 0 radical (unpaired) electrons. The Morgan fingerprint density at radius 3 is 2.52 bits per heavy atom. The lowest BCUT2D eigenvalue weighted by atomic mass is 9.97. The predicted octanol–water partition coefficient (Wildman–Crippen LogP) is 4.93. The molecule has 1 heterocycles. The van der Waals surface area contributed by atoms with Gasteiger partial charge in [-0.05, 0) is 63.1 Å². The third-order valence-corrected chi connectivity index (χ3v) is 4.26. The Labute approximate surface area is 153 Å². The maximum absolute atomic E-state index is 12.2. The number of fused-ring (bicyclic) bond motifs is 1. The van der Waals surface area contributed by atoms with Gasteiger partial charge in [0.1, 0.15) is 5.60 Å². The van der Waals surface area contributed by atoms with E-state index in [1.54, 1.807) is 0 Å². The molecule has 0 saturated carbocycles. The largest absolute Gasteiger partial charge is 0.444 e. The van der Waals surface area contributed by atoms with E-state index >= 15 is 0 Å². The van der Waals surface area contributed by atoms with E-state index in [1.165, 1.54) is 5.56 Å². The Morgan fingerprint density at radius 1 is 1.16 bits per heavy atom. The van der Waals surface area contributed by atoms with Gasteiger partial charge in [-0.2, -0.15) is 0 Å². The molecule has 2 aromatic rings. The van der Waals surface area contributed by atoms with Crippen LogP contribution in [0, 0.1) is 0 Å². The quantitative estimate of drug-likeness (QED) is 0.827. The first kappa shape index (κ1) is 17.6. The number of amides is 1. The Bertz CT molecular complexity index is 753. The minimum absolute atomic E-state index is 0.0274. The summed E-state index contributed by atoms with van der Waals surface area (Å²) < 4.78 is 5.40. The Kier molecular flexibility index (Phi) is 4.91. The van der Waals surface area contributed by atoms with Gasteiger partial charge in [-0.15, -0.1) is 0 Å². The van der Waals surface area contributed by atoms with E-state index in [0.29, 0.717) is 11.6 Å². The first-order valence-electron chi connectivity index (χ1n) is 8.42. The van der Waals surface area contributed by atoms with Gasteiger partial charge in [-0.25, -0.2) is 4.79 Å². The summed E-state index contributed by atoms with van der Waals surface area (Å²) in [5.74, 6) is 0. The second-order valence-corrected chi connectivity index (χ2v) is 7.70. The normalized spacial score (nSPS) is 17.0. The maximum atomic E-state index is 12.2. The average molecular weight is 359 g/mol. The van der Waals surface area contributed by atoms with Gasteiger partial charge in [0.25, 0.3) is 0 Å². The zero-order valence-corrected chi connectivity index (χ0v) is 15.5. The second kappa shape index (κ2) is 6.96. The smallest absolute Gasteiger partial charge is 0.407 e. The van der Waals surface area contributed by atoms with Gasteiger partial charge in [0, 0.05) is 22.9 Å². The molecule has 1 unspecified atom stereocenters. The average Bonchev–Trinajstić information content (AvgIpc) is 2.53. The van der Waals surface area contributed by atoms with E-state index in [0.717, 1.165) is 17.8 Å². The number of halogens is 1. The molecule has 132 valence electrons. The molecule has 1 aliphatic heterocycles. The molecule has 1 amide bonds. The highest BCUT2D eigenvalue weighted by molar-refractivity contribution is 6.30. The SMILES string of the molecule is CC(C)(C)OC(=O)NC1Cc2ccccc2N(c2ccc(Cl)cc2)C1. The molecule has 0 aliphatic carbocycles. The molecular formula is C20H23ClN2O2. The molecule has 4 nitrogen and oxygen atoms in total. The number of rotatable bonds is 2. The zero-order valence-electron chi connectivity index (χ0n) is 14.8. The number of ether oxygens (including phenoxy) is 1. The van der Waals surface area contributed by atoms with E-state index in [9.17, 15) is 4.79 Å². The molecule has 25 heavy (non-hydrogen) atoms. The van der Waals surface area contributed by atoms with Gasteiger partial charge < -0.3 is 15.0 Å². The van der Waals surface area contributed by atoms with Crippen LogP contribution in [0.15, 0.2) is 48.5 Å². The number of hydrogen-bond donors (Lipinski definition) is 1. The predicted molar refractivity (Wildman–Crippen MR) is 102 cm³/mol. The summed E-state index contributed by atoms with van der Waals surface area (Å²) in [6, 6.07) is 16.0. The Morgan fingerprint density at radius 2 is 1.84 bits per heavy atom. The standard InChI is InChI=1S/C20H23ClN2O2/c1-20(2,3)25-19(24)22-16-12-14-6-4-5-7-18(14)23(13-16)17-10-8-15(21)9-11-17/h4-11,16H,12-13H2,1-3H3,(H,22,24). The molecule has 3 rings (SSSR count). The fraction of sp³-hybridized carbons (Fsp3) is 0.350. The van der Waals surface area contributed by atoms with Gasteiger partial charge in [0.05, 0.1) is 6.04 Å². The second-order valence-electron chi connectivity index (χ2n) is 7.26. The van der Waals surface area contributed by atoms with Crippen LogP contribution in [-0.4, -0.2) is 24.3 Å². The third-order valence-electron chi connectivity index (χ3n) is 4.01. The van der Waals surface area contributed by atoms with Crippen molar-refractivity contribution in [3.05, 3.63) is 59.1 Å². The van der Waals surface area contributed by atoms with Crippen LogP contribution in [0.1, 0.15) is 26.3 Å². The van der Waals surface area contributed by atoms with Crippen LogP contribution < -0.4 is 10.2 Å². The molecular weight excluding hydrogens is 336 g/mol. The number of alkyl carbamates (subject to hydrolysis) is 1. The molecule has 1 N–H and O–H groups in total. The van der Waals surface area contributed by atoms with Crippen LogP contribution in [0.4, 0.5) is 16.2 Å². The van der Waals surface area contributed by atoms with E-state index < -0.39 is 5.60 Å². The first-order valence-corrected chi connectivity index (χ1v) is 8.80. The number of anilines is 2. The number of carbonyl (C=O) groups excluding carboxylic acids is 1. The Balaban J connectivity index is 1.83. The van der Waals surface area contributed by atoms with E-state index in [2.05, 4.69) is 22.3 Å². The summed E-state index contributed by atoms with van der Waals surface area (Å²) in [7, 11) is 0. The molecule has 0 bridgehead atoms. The highest BCUT2D eigenvalue weighted by Crippen LogP contribution is 2.33. The minimum Gasteiger partial charge on any atom is -0.444 e. The molecule has 0 saturated heterocycles. The molecule has 2 aromatic carbocycles. The number of para-hydroxylation sites is 1. The van der Waals surface area contributed by atoms with E-state index in [4.69, 9.17) is 16.3 Å². The lowest BCUT2D eigenvalue weighted by Gasteiger charge is -2.36. The van der Waals surface area contributed by atoms with Crippen molar-refractivity contribution < 1.29 is 9.53 Å². The van der Waals surface area contributed by atoms with Crippen molar-refractivity contribution in [2.75, 3.05) is 11.4 Å². The van der Waals surface area contributed by atoms with Gasteiger partial charge in [-0.1, -0.05) is 29.8 Å². The molecule has 0 fully saturated rings. The lowest BCUT2D eigenvalue weighted by Crippen LogP contribution is -2.48. The summed E-state index contributed by atoms with van der Waals surface area (Å²) in [4.78, 5) is 14.4. The van der Waals surface area contributed by atoms with Crippen molar-refractivity contribution in [3.8, 4) is 0 Å². The van der Waals surface area contributed by atoms with Crippen molar-refractivity contribution in [2.45, 2.75) is 38.8 Å². The third kappa shape index (κ3) is 4.45. The summed E-state index contributed by atoms with van der Waals surface area (Å²) in [6.07, 6.45) is 0.396. The number of carbonyl (C=O) groups is 1. The minimum atomic E-state index is -0.507. The summed E-state index contributed by atoms with van der Waals surface area (Å²) in [6.45, 7) is 6.27. The highest BCUT2D eigenvalue weighted by Gasteiger charge is 2.27. The van der Waals surface area contributed by atoms with Crippen molar-refractivity contribution in [1.29, 1.82) is 0 Å². The number of nitrogens with zero attached hydrogens (tertiary/aromatic N) is 1. The molecule has 1 aliphatic rings. The first-order chi connectivity index (χ1) is 11.8. The Hall–Kier alpha value is -2.20. The number of nitrogens with one attached hydrogen (secondary N) is 1. The molecule has 0 spiro atoms. The lowest BCUT2D eigenvalue weighted by molar-refractivity contribution is 0.0505. The fourth-order valence-corrected chi connectivity index (χ4v) is 3.16. The van der Waals surface area contributed by atoms with Crippen LogP contribution in [0.2, 0.25) is 5.02 Å². The van der Waals surface area contributed by atoms with E-state index in [-0.39, 0.29) is 12.1 Å². The van der Waals surface area contributed by atoms with Crippen molar-refractivity contribution >= 4 is 29.1 Å². The van der Waals surface area contributed by atoms with Crippen molar-refractivity contribution in [3.63, 3.8) is 0 Å². The monoisotopic (exact) mass is 358 g/mol. The van der Waals surface area contributed by atoms with Crippen LogP contribution in [0.5, 0.6) is 0 Å². The van der Waals surface area contributed by atoms with Gasteiger partial charge >= 0.3 is 6.09 Å². The topological polar surface area (TPSA) is 41.6 Å². The summed E-state index contributed by atoms with van der Waals surface area (Å²) in [5, 5.41) is 3.70. The summed E-state index contributed by atoms with van der Waals surface area (Å²) >= 11 is 6.02. The highest BCUT2D eigenvalue weighted by atomic mass is 35.5. The molecule has 5 heteroatoms. The van der Waals surface area contributed by atoms with E-state index in [1.807, 2.05) is 57.2 Å². The number of benzene rings is 2. The number of hydrogen-bond acceptors (Lipinski definition) is 3. The molecule has 0 aromatic heterocycles. The van der Waals surface area contributed by atoms with Crippen LogP contribution in [0.25, 0.3) is 0 Å².